The van der Waals surface area contributed by atoms with Crippen LogP contribution in [0.2, 0.25) is 0 Å². The lowest BCUT2D eigenvalue weighted by Crippen LogP contribution is -2.42. The summed E-state index contributed by atoms with van der Waals surface area (Å²) in [5, 5.41) is 8.85. The summed E-state index contributed by atoms with van der Waals surface area (Å²) in [5.74, 6) is -2.33. The van der Waals surface area contributed by atoms with Crippen LogP contribution >= 0.6 is 0 Å². The first-order valence-corrected chi connectivity index (χ1v) is 6.52. The molecule has 0 saturated carbocycles. The summed E-state index contributed by atoms with van der Waals surface area (Å²) < 4.78 is 31.2. The Labute approximate surface area is 103 Å². The van der Waals surface area contributed by atoms with Crippen LogP contribution in [-0.4, -0.2) is 62.8 Å². The van der Waals surface area contributed by atoms with Gasteiger partial charge < -0.3 is 14.7 Å². The number of amides is 1. The van der Waals surface area contributed by atoms with Crippen molar-refractivity contribution in [3.8, 4) is 0 Å². The van der Waals surface area contributed by atoms with Gasteiger partial charge in [0.25, 0.3) is 15.9 Å². The maximum atomic E-state index is 12.0. The van der Waals surface area contributed by atoms with E-state index in [1.807, 2.05) is 0 Å². The van der Waals surface area contributed by atoms with Crippen LogP contribution in [0.1, 0.15) is 0 Å². The number of carboxylic acids is 1. The number of morpholine rings is 1. The zero-order valence-corrected chi connectivity index (χ0v) is 10.0. The molecule has 8 nitrogen and oxygen atoms in total. The van der Waals surface area contributed by atoms with Gasteiger partial charge >= 0.3 is 5.97 Å². The Morgan fingerprint density at radius 2 is 1.94 bits per heavy atom. The predicted molar refractivity (Wildman–Crippen MR) is 59.5 cm³/mol. The molecule has 0 spiro atoms. The molecule has 0 aromatic carbocycles. The van der Waals surface area contributed by atoms with Crippen LogP contribution in [0.25, 0.3) is 0 Å². The van der Waals surface area contributed by atoms with Crippen LogP contribution in [-0.2, 0) is 24.3 Å². The molecule has 2 aliphatic rings. The van der Waals surface area contributed by atoms with Crippen molar-refractivity contribution in [1.82, 2.24) is 4.90 Å². The first-order chi connectivity index (χ1) is 8.43. The van der Waals surface area contributed by atoms with Crippen LogP contribution in [0, 0.1) is 0 Å². The lowest BCUT2D eigenvalue weighted by molar-refractivity contribution is -0.134. The fraction of sp³-hybridized carbons (Fsp3) is 0.444. The molecule has 2 aliphatic heterocycles. The second-order valence-corrected chi connectivity index (χ2v) is 5.23. The Morgan fingerprint density at radius 1 is 1.33 bits per heavy atom. The highest BCUT2D eigenvalue weighted by atomic mass is 32.2. The lowest BCUT2D eigenvalue weighted by Gasteiger charge is -2.26. The third-order valence-corrected chi connectivity index (χ3v) is 3.84. The maximum absolute atomic E-state index is 12.0. The van der Waals surface area contributed by atoms with Gasteiger partial charge in [-0.15, -0.1) is 0 Å². The number of nitrogens with zero attached hydrogens (tertiary/aromatic N) is 2. The van der Waals surface area contributed by atoms with Gasteiger partial charge in [-0.2, -0.15) is 12.8 Å². The number of hydrogen-bond donors (Lipinski definition) is 1. The smallest absolute Gasteiger partial charge is 0.338 e. The number of hydrogen-bond acceptors (Lipinski definition) is 5. The van der Waals surface area contributed by atoms with Gasteiger partial charge in [0.1, 0.15) is 5.57 Å². The molecule has 2 rings (SSSR count). The van der Waals surface area contributed by atoms with Gasteiger partial charge in [0.2, 0.25) is 0 Å². The second kappa shape index (κ2) is 4.50. The highest BCUT2D eigenvalue weighted by Crippen LogP contribution is 2.22. The quantitative estimate of drug-likeness (QED) is 0.662. The normalized spacial score (nSPS) is 22.3. The van der Waals surface area contributed by atoms with Crippen LogP contribution in [0.5, 0.6) is 0 Å². The molecule has 1 fully saturated rings. The molecule has 0 aliphatic carbocycles. The van der Waals surface area contributed by atoms with Crippen molar-refractivity contribution < 1.29 is 27.9 Å². The average molecular weight is 274 g/mol. The highest BCUT2D eigenvalue weighted by molar-refractivity contribution is 7.95. The van der Waals surface area contributed by atoms with E-state index in [-0.39, 0.29) is 13.1 Å². The summed E-state index contributed by atoms with van der Waals surface area (Å²) in [6, 6.07) is 0. The molecule has 0 aromatic heterocycles. The van der Waals surface area contributed by atoms with Gasteiger partial charge in [-0.1, -0.05) is 0 Å². The van der Waals surface area contributed by atoms with Crippen molar-refractivity contribution >= 4 is 28.1 Å². The van der Waals surface area contributed by atoms with Crippen LogP contribution in [0.15, 0.2) is 14.9 Å². The van der Waals surface area contributed by atoms with Crippen molar-refractivity contribution in [2.24, 2.45) is 4.40 Å². The molecule has 0 aromatic rings. The van der Waals surface area contributed by atoms with Crippen molar-refractivity contribution in [2.45, 2.75) is 0 Å². The number of aliphatic carboxylic acids is 1. The number of rotatable bonds is 2. The minimum atomic E-state index is -4.19. The average Bonchev–Trinajstić information content (AvgIpc) is 2.65. The number of sulfonamides is 1. The summed E-state index contributed by atoms with van der Waals surface area (Å²) in [6.45, 7) is 1.04. The van der Waals surface area contributed by atoms with Gasteiger partial charge in [-0.3, -0.25) is 4.79 Å². The topological polar surface area (TPSA) is 113 Å². The second-order valence-electron chi connectivity index (χ2n) is 3.66. The largest absolute Gasteiger partial charge is 0.478 e. The lowest BCUT2D eigenvalue weighted by atomic mass is 10.2. The monoisotopic (exact) mass is 274 g/mol. The van der Waals surface area contributed by atoms with Crippen molar-refractivity contribution in [2.75, 3.05) is 26.3 Å². The minimum Gasteiger partial charge on any atom is -0.478 e. The SMILES string of the molecule is O=C(O)C1=C(C(=O)N2CCOCC2)S(=O)(=O)N=C1. The van der Waals surface area contributed by atoms with Crippen LogP contribution < -0.4 is 0 Å². The number of carbonyl (C=O) groups is 2. The molecule has 0 atom stereocenters. The molecule has 0 unspecified atom stereocenters. The van der Waals surface area contributed by atoms with E-state index in [0.717, 1.165) is 0 Å². The van der Waals surface area contributed by atoms with Crippen molar-refractivity contribution in [3.63, 3.8) is 0 Å². The zero-order valence-electron chi connectivity index (χ0n) is 9.20. The molecule has 1 amide bonds. The molecule has 0 radical (unpaired) electrons. The van der Waals surface area contributed by atoms with E-state index in [0.29, 0.717) is 19.4 Å². The minimum absolute atomic E-state index is 0.227. The van der Waals surface area contributed by atoms with Crippen molar-refractivity contribution in [3.05, 3.63) is 10.5 Å². The van der Waals surface area contributed by atoms with Gasteiger partial charge in [-0.25, -0.2) is 4.79 Å². The van der Waals surface area contributed by atoms with Gasteiger partial charge in [-0.05, 0) is 0 Å². The molecule has 1 N–H and O–H groups in total. The maximum Gasteiger partial charge on any atom is 0.338 e. The standard InChI is InChI=1S/C9H10N2O6S/c12-8(11-1-3-17-4-2-11)7-6(9(13)14)5-10-18(7,15)16/h5H,1-4H2,(H,13,14). The molecular weight excluding hydrogens is 264 g/mol. The molecule has 2 heterocycles. The Morgan fingerprint density at radius 3 is 2.50 bits per heavy atom. The zero-order chi connectivity index (χ0) is 13.3. The third-order valence-electron chi connectivity index (χ3n) is 2.55. The Bertz CT molecular complexity index is 556. The van der Waals surface area contributed by atoms with E-state index in [4.69, 9.17) is 9.84 Å². The highest BCUT2D eigenvalue weighted by Gasteiger charge is 2.38. The molecule has 18 heavy (non-hydrogen) atoms. The summed E-state index contributed by atoms with van der Waals surface area (Å²) in [4.78, 5) is 23.4. The van der Waals surface area contributed by atoms with E-state index in [1.54, 1.807) is 0 Å². The molecule has 9 heteroatoms. The van der Waals surface area contributed by atoms with Crippen LogP contribution in [0.4, 0.5) is 0 Å². The molecule has 1 saturated heterocycles. The summed E-state index contributed by atoms with van der Waals surface area (Å²) >= 11 is 0. The van der Waals surface area contributed by atoms with Gasteiger partial charge in [0.05, 0.1) is 19.4 Å². The fourth-order valence-corrected chi connectivity index (χ4v) is 2.78. The molecule has 0 bridgehead atoms. The van der Waals surface area contributed by atoms with Crippen LogP contribution in [0.3, 0.4) is 0 Å². The van der Waals surface area contributed by atoms with Gasteiger partial charge in [0, 0.05) is 13.1 Å². The van der Waals surface area contributed by atoms with E-state index >= 15 is 0 Å². The summed E-state index contributed by atoms with van der Waals surface area (Å²) in [7, 11) is -4.19. The first kappa shape index (κ1) is 12.7. The van der Waals surface area contributed by atoms with E-state index in [1.165, 1.54) is 4.90 Å². The molecule has 98 valence electrons. The Kier molecular flexibility index (Phi) is 3.18. The fourth-order valence-electron chi connectivity index (χ4n) is 1.66. The number of ether oxygens (including phenoxy) is 1. The first-order valence-electron chi connectivity index (χ1n) is 5.08. The Balaban J connectivity index is 2.38. The summed E-state index contributed by atoms with van der Waals surface area (Å²) in [6.07, 6.45) is 0.686. The van der Waals surface area contributed by atoms with Gasteiger partial charge in [0.15, 0.2) is 4.91 Å². The van der Waals surface area contributed by atoms with Crippen molar-refractivity contribution in [1.29, 1.82) is 0 Å². The van der Waals surface area contributed by atoms with E-state index in [2.05, 4.69) is 4.40 Å². The number of carbonyl (C=O) groups excluding carboxylic acids is 1. The predicted octanol–water partition coefficient (Wildman–Crippen LogP) is -1.40. The van der Waals surface area contributed by atoms with E-state index < -0.39 is 32.4 Å². The molecular formula is C9H10N2O6S. The third kappa shape index (κ3) is 2.14. The number of carboxylic acid groups (broad SMARTS) is 1. The van der Waals surface area contributed by atoms with E-state index in [9.17, 15) is 18.0 Å². The Hall–Kier alpha value is -1.74. The summed E-state index contributed by atoms with van der Waals surface area (Å²) in [5.41, 5.74) is -0.591.